The molecule has 2 heterocycles. The third-order valence-corrected chi connectivity index (χ3v) is 8.47. The lowest BCUT2D eigenvalue weighted by Gasteiger charge is -2.36. The van der Waals surface area contributed by atoms with Crippen LogP contribution in [0.5, 0.6) is 0 Å². The fourth-order valence-corrected chi connectivity index (χ4v) is 6.11. The highest BCUT2D eigenvalue weighted by Gasteiger charge is 2.40. The zero-order chi connectivity index (χ0) is 26.6. The number of benzene rings is 2. The molecule has 1 amide bonds. The molecule has 196 valence electrons. The van der Waals surface area contributed by atoms with Gasteiger partial charge in [0.15, 0.2) is 0 Å². The molecule has 4 rings (SSSR count). The molecule has 0 saturated carbocycles. The molecule has 2 aromatic carbocycles. The molecule has 0 aliphatic carbocycles. The van der Waals surface area contributed by atoms with Gasteiger partial charge in [-0.3, -0.25) is 13.9 Å². The maximum atomic E-state index is 13.4. The quantitative estimate of drug-likeness (QED) is 0.540. The number of nitrogens with zero attached hydrogens (tertiary/aromatic N) is 2. The minimum Gasteiger partial charge on any atom is -0.481 e. The number of ether oxygens (including phenoxy) is 1. The van der Waals surface area contributed by atoms with Crippen LogP contribution in [0.4, 0.5) is 10.5 Å². The largest absolute Gasteiger partial charge is 0.481 e. The SMILES string of the molecule is C[C@@H]1C(CCC(=O)N2CCC(C(=O)O)CC2)=Cc2ccccc2N1S(=O)(=O)C(=O)OCc1ccccc1. The van der Waals surface area contributed by atoms with Crippen LogP contribution in [0.1, 0.15) is 43.7 Å². The second-order valence-electron chi connectivity index (χ2n) is 9.27. The Kier molecular flexibility index (Phi) is 7.97. The second-order valence-corrected chi connectivity index (χ2v) is 10.9. The van der Waals surface area contributed by atoms with E-state index >= 15 is 0 Å². The van der Waals surface area contributed by atoms with Crippen LogP contribution in [-0.4, -0.2) is 54.7 Å². The number of likely N-dealkylation sites (tertiary alicyclic amines) is 1. The van der Waals surface area contributed by atoms with E-state index in [0.717, 1.165) is 4.31 Å². The first-order valence-electron chi connectivity index (χ1n) is 12.2. The predicted molar refractivity (Wildman–Crippen MR) is 138 cm³/mol. The number of hydrogen-bond acceptors (Lipinski definition) is 6. The van der Waals surface area contributed by atoms with Gasteiger partial charge in [0, 0.05) is 19.5 Å². The van der Waals surface area contributed by atoms with Crippen LogP contribution in [0.3, 0.4) is 0 Å². The van der Waals surface area contributed by atoms with Crippen LogP contribution in [0.25, 0.3) is 6.08 Å². The summed E-state index contributed by atoms with van der Waals surface area (Å²) in [6, 6.07) is 15.0. The third-order valence-electron chi connectivity index (χ3n) is 6.90. The number of amides is 1. The Morgan fingerprint density at radius 2 is 1.65 bits per heavy atom. The molecule has 1 saturated heterocycles. The van der Waals surface area contributed by atoms with Gasteiger partial charge in [-0.2, -0.15) is 8.42 Å². The van der Waals surface area contributed by atoms with Gasteiger partial charge in [-0.25, -0.2) is 4.79 Å². The summed E-state index contributed by atoms with van der Waals surface area (Å²) in [5.41, 5.74) is 2.37. The molecule has 1 fully saturated rings. The minimum atomic E-state index is -4.52. The fourth-order valence-electron chi connectivity index (χ4n) is 4.77. The highest BCUT2D eigenvalue weighted by atomic mass is 32.2. The molecule has 1 N–H and O–H groups in total. The number of hydrogen-bond donors (Lipinski definition) is 1. The summed E-state index contributed by atoms with van der Waals surface area (Å²) in [5.74, 6) is -1.37. The van der Waals surface area contributed by atoms with E-state index in [2.05, 4.69) is 0 Å². The maximum Gasteiger partial charge on any atom is 0.445 e. The number of para-hydroxylation sites is 1. The topological polar surface area (TPSA) is 121 Å². The Balaban J connectivity index is 1.47. The number of rotatable bonds is 7. The van der Waals surface area contributed by atoms with Crippen molar-refractivity contribution >= 4 is 39.0 Å². The summed E-state index contributed by atoms with van der Waals surface area (Å²) in [6.45, 7) is 2.30. The summed E-state index contributed by atoms with van der Waals surface area (Å²) in [7, 11) is -4.52. The van der Waals surface area contributed by atoms with E-state index in [1.165, 1.54) is 0 Å². The van der Waals surface area contributed by atoms with Gasteiger partial charge in [0.25, 0.3) is 0 Å². The zero-order valence-corrected chi connectivity index (χ0v) is 21.4. The number of carbonyl (C=O) groups excluding carboxylic acids is 2. The first kappa shape index (κ1) is 26.4. The van der Waals surface area contributed by atoms with Crippen molar-refractivity contribution in [1.82, 2.24) is 4.90 Å². The lowest BCUT2D eigenvalue weighted by Crippen LogP contribution is -2.45. The van der Waals surface area contributed by atoms with E-state index < -0.39 is 33.3 Å². The predicted octanol–water partition coefficient (Wildman–Crippen LogP) is 4.05. The normalized spacial score (nSPS) is 18.1. The van der Waals surface area contributed by atoms with E-state index in [0.29, 0.717) is 54.7 Å². The molecule has 2 aromatic rings. The van der Waals surface area contributed by atoms with Gasteiger partial charge in [0.1, 0.15) is 6.61 Å². The van der Waals surface area contributed by atoms with Crippen molar-refractivity contribution in [3.05, 3.63) is 71.3 Å². The summed E-state index contributed by atoms with van der Waals surface area (Å²) >= 11 is 0. The maximum absolute atomic E-state index is 13.4. The highest BCUT2D eigenvalue weighted by molar-refractivity contribution is 8.06. The zero-order valence-electron chi connectivity index (χ0n) is 20.6. The Bertz CT molecular complexity index is 1300. The van der Waals surface area contributed by atoms with Crippen molar-refractivity contribution in [3.8, 4) is 0 Å². The molecule has 0 spiro atoms. The molecule has 10 heteroatoms. The number of carbonyl (C=O) groups is 3. The van der Waals surface area contributed by atoms with Gasteiger partial charge in [-0.15, -0.1) is 0 Å². The summed E-state index contributed by atoms with van der Waals surface area (Å²) in [6.07, 6.45) is 3.17. The van der Waals surface area contributed by atoms with Crippen molar-refractivity contribution in [2.45, 2.75) is 45.3 Å². The fraction of sp³-hybridized carbons (Fsp3) is 0.370. The van der Waals surface area contributed by atoms with E-state index in [1.807, 2.05) is 12.1 Å². The van der Waals surface area contributed by atoms with Crippen molar-refractivity contribution in [1.29, 1.82) is 0 Å². The number of fused-ring (bicyclic) bond motifs is 1. The average Bonchev–Trinajstić information content (AvgIpc) is 2.90. The van der Waals surface area contributed by atoms with Crippen LogP contribution in [0.15, 0.2) is 60.2 Å². The summed E-state index contributed by atoms with van der Waals surface area (Å²) < 4.78 is 33.0. The number of carboxylic acid groups (broad SMARTS) is 1. The van der Waals surface area contributed by atoms with E-state index in [-0.39, 0.29) is 18.9 Å². The lowest BCUT2D eigenvalue weighted by atomic mass is 9.94. The summed E-state index contributed by atoms with van der Waals surface area (Å²) in [5, 5.41) is 7.83. The molecule has 37 heavy (non-hydrogen) atoms. The van der Waals surface area contributed by atoms with Gasteiger partial charge >= 0.3 is 21.3 Å². The van der Waals surface area contributed by atoms with Gasteiger partial charge < -0.3 is 14.7 Å². The van der Waals surface area contributed by atoms with Crippen molar-refractivity contribution in [3.63, 3.8) is 0 Å². The second kappa shape index (κ2) is 11.2. The van der Waals surface area contributed by atoms with Crippen molar-refractivity contribution < 1.29 is 32.6 Å². The average molecular weight is 527 g/mol. The third kappa shape index (κ3) is 5.85. The molecule has 1 atom stereocenters. The Morgan fingerprint density at radius 1 is 1.00 bits per heavy atom. The number of carboxylic acids is 1. The molecule has 2 aliphatic rings. The molecule has 0 radical (unpaired) electrons. The Labute approximate surface area is 216 Å². The molecule has 0 aromatic heterocycles. The van der Waals surface area contributed by atoms with Gasteiger partial charge in [-0.05, 0) is 49.0 Å². The molecule has 0 bridgehead atoms. The number of piperidine rings is 1. The highest BCUT2D eigenvalue weighted by Crippen LogP contribution is 2.37. The smallest absolute Gasteiger partial charge is 0.445 e. The summed E-state index contributed by atoms with van der Waals surface area (Å²) in [4.78, 5) is 38.4. The van der Waals surface area contributed by atoms with E-state index in [4.69, 9.17) is 9.84 Å². The Hall–Kier alpha value is -3.66. The first-order chi connectivity index (χ1) is 17.7. The molecule has 2 aliphatic heterocycles. The molecular formula is C27H30N2O7S. The van der Waals surface area contributed by atoms with Crippen LogP contribution in [0.2, 0.25) is 0 Å². The van der Waals surface area contributed by atoms with E-state index in [9.17, 15) is 22.8 Å². The monoisotopic (exact) mass is 526 g/mol. The first-order valence-corrected chi connectivity index (χ1v) is 13.7. The van der Waals surface area contributed by atoms with Gasteiger partial charge in [0.05, 0.1) is 17.6 Å². The minimum absolute atomic E-state index is 0.104. The molecular weight excluding hydrogens is 496 g/mol. The van der Waals surface area contributed by atoms with Crippen LogP contribution >= 0.6 is 0 Å². The van der Waals surface area contributed by atoms with Crippen molar-refractivity contribution in [2.24, 2.45) is 5.92 Å². The number of anilines is 1. The van der Waals surface area contributed by atoms with Crippen LogP contribution < -0.4 is 4.31 Å². The van der Waals surface area contributed by atoms with E-state index in [1.54, 1.807) is 60.4 Å². The Morgan fingerprint density at radius 3 is 2.32 bits per heavy atom. The molecule has 0 unspecified atom stereocenters. The number of aliphatic carboxylic acids is 1. The lowest BCUT2D eigenvalue weighted by molar-refractivity contribution is -0.145. The number of sulfonamides is 1. The van der Waals surface area contributed by atoms with Gasteiger partial charge in [0.2, 0.25) is 5.91 Å². The molecule has 9 nitrogen and oxygen atoms in total. The van der Waals surface area contributed by atoms with Crippen molar-refractivity contribution in [2.75, 3.05) is 17.4 Å². The van der Waals surface area contributed by atoms with Gasteiger partial charge in [-0.1, -0.05) is 54.6 Å². The standard InChI is InChI=1S/C27H30N2O7S/c1-19-22(11-12-25(30)28-15-13-21(14-16-28)26(31)32)17-23-9-5-6-10-24(23)29(19)37(34,35)27(33)36-18-20-7-3-2-4-8-20/h2-10,17,19,21H,11-16,18H2,1H3,(H,31,32)/t19-/m1/s1. The van der Waals surface area contributed by atoms with Crippen LogP contribution in [-0.2, 0) is 31.0 Å². The van der Waals surface area contributed by atoms with Crippen LogP contribution in [0, 0.1) is 5.92 Å².